The Labute approximate surface area is 101 Å². The van der Waals surface area contributed by atoms with Crippen LogP contribution in [-0.2, 0) is 0 Å². The van der Waals surface area contributed by atoms with E-state index >= 15 is 0 Å². The number of halogens is 6. The van der Waals surface area contributed by atoms with E-state index in [0.717, 1.165) is 0 Å². The summed E-state index contributed by atoms with van der Waals surface area (Å²) in [6.07, 6.45) is -5.00. The quantitative estimate of drug-likeness (QED) is 0.371. The smallest absolute Gasteiger partial charge is 0.440 e. The van der Waals surface area contributed by atoms with Gasteiger partial charge in [0.25, 0.3) is 5.56 Å². The molecule has 0 radical (unpaired) electrons. The molecule has 0 aromatic heterocycles. The number of nitro benzene ring substituents is 1. The number of nitrogens with zero attached hydrogens (tertiary/aromatic N) is 1. The van der Waals surface area contributed by atoms with Gasteiger partial charge in [0.15, 0.2) is 11.6 Å². The second kappa shape index (κ2) is 4.92. The Balaban J connectivity index is 3.10. The highest BCUT2D eigenvalue weighted by molar-refractivity contribution is 6.20. The zero-order chi connectivity index (χ0) is 14.1. The lowest BCUT2D eigenvalue weighted by molar-refractivity contribution is -0.387. The molecule has 0 bridgehead atoms. The zero-order valence-electron chi connectivity index (χ0n) is 8.17. The van der Waals surface area contributed by atoms with E-state index in [9.17, 15) is 32.1 Å². The maximum atomic E-state index is 13.0. The van der Waals surface area contributed by atoms with Gasteiger partial charge < -0.3 is 4.74 Å². The van der Waals surface area contributed by atoms with Gasteiger partial charge in [-0.05, 0) is 0 Å². The third-order valence-electron chi connectivity index (χ3n) is 1.69. The van der Waals surface area contributed by atoms with Gasteiger partial charge in [0.2, 0.25) is 5.82 Å². The molecule has 1 rings (SSSR count). The standard InChI is InChI=1S/C8H3ClF5NO3/c9-7(8(12,13)14)18-6-2-5(15(16)17)3(10)1-4(6)11/h1-2,7H. The van der Waals surface area contributed by atoms with Crippen molar-refractivity contribution in [2.75, 3.05) is 0 Å². The summed E-state index contributed by atoms with van der Waals surface area (Å²) in [5.41, 5.74) is -4.13. The number of benzene rings is 1. The van der Waals surface area contributed by atoms with E-state index in [1.807, 2.05) is 0 Å². The molecule has 1 unspecified atom stereocenters. The molecule has 0 saturated carbocycles. The number of alkyl halides is 4. The van der Waals surface area contributed by atoms with Gasteiger partial charge in [-0.1, -0.05) is 11.6 Å². The Morgan fingerprint density at radius 2 is 1.83 bits per heavy atom. The normalized spacial score (nSPS) is 13.2. The van der Waals surface area contributed by atoms with Crippen molar-refractivity contribution in [2.45, 2.75) is 11.7 Å². The first-order valence-electron chi connectivity index (χ1n) is 4.14. The Morgan fingerprint density at radius 1 is 1.28 bits per heavy atom. The van der Waals surface area contributed by atoms with E-state index in [2.05, 4.69) is 4.74 Å². The highest BCUT2D eigenvalue weighted by Crippen LogP contribution is 2.32. The molecule has 0 amide bonds. The molecule has 0 aliphatic rings. The molecule has 0 spiro atoms. The minimum absolute atomic E-state index is 0.0352. The maximum Gasteiger partial charge on any atom is 0.440 e. The van der Waals surface area contributed by atoms with Gasteiger partial charge in [-0.25, -0.2) is 4.39 Å². The van der Waals surface area contributed by atoms with Crippen LogP contribution < -0.4 is 4.74 Å². The van der Waals surface area contributed by atoms with Crippen molar-refractivity contribution in [3.8, 4) is 5.75 Å². The van der Waals surface area contributed by atoms with Crippen LogP contribution in [0.5, 0.6) is 5.75 Å². The molecule has 1 aromatic rings. The van der Waals surface area contributed by atoms with E-state index in [1.54, 1.807) is 0 Å². The van der Waals surface area contributed by atoms with E-state index in [4.69, 9.17) is 11.6 Å². The van der Waals surface area contributed by atoms with Crippen LogP contribution >= 0.6 is 11.6 Å². The Hall–Kier alpha value is -1.64. The Morgan fingerprint density at radius 3 is 2.28 bits per heavy atom. The molecule has 0 aliphatic carbocycles. The zero-order valence-corrected chi connectivity index (χ0v) is 8.93. The van der Waals surface area contributed by atoms with E-state index in [1.165, 1.54) is 0 Å². The van der Waals surface area contributed by atoms with Crippen molar-refractivity contribution in [2.24, 2.45) is 0 Å². The molecule has 100 valence electrons. The summed E-state index contributed by atoms with van der Waals surface area (Å²) in [4.78, 5) is 9.06. The lowest BCUT2D eigenvalue weighted by atomic mass is 10.3. The molecule has 0 N–H and O–H groups in total. The van der Waals surface area contributed by atoms with E-state index in [-0.39, 0.29) is 12.1 Å². The number of rotatable bonds is 3. The van der Waals surface area contributed by atoms with Crippen molar-refractivity contribution >= 4 is 17.3 Å². The molecule has 0 heterocycles. The second-order valence-electron chi connectivity index (χ2n) is 2.97. The number of nitro groups is 1. The topological polar surface area (TPSA) is 52.4 Å². The highest BCUT2D eigenvalue weighted by Gasteiger charge is 2.41. The predicted molar refractivity (Wildman–Crippen MR) is 49.3 cm³/mol. The molecule has 4 nitrogen and oxygen atoms in total. The van der Waals surface area contributed by atoms with Gasteiger partial charge >= 0.3 is 11.9 Å². The Kier molecular flexibility index (Phi) is 3.95. The first-order chi connectivity index (χ1) is 8.12. The summed E-state index contributed by atoms with van der Waals surface area (Å²) >= 11 is 4.76. The van der Waals surface area contributed by atoms with Crippen LogP contribution in [0.2, 0.25) is 0 Å². The summed E-state index contributed by atoms with van der Waals surface area (Å²) in [5, 5.41) is 10.3. The minimum Gasteiger partial charge on any atom is -0.462 e. The maximum absolute atomic E-state index is 13.0. The first-order valence-corrected chi connectivity index (χ1v) is 4.57. The van der Waals surface area contributed by atoms with Gasteiger partial charge in [0.05, 0.1) is 11.0 Å². The first kappa shape index (κ1) is 14.4. The Bertz CT molecular complexity index is 479. The SMILES string of the molecule is O=[N+]([O-])c1cc(OC(Cl)C(F)(F)F)c(F)cc1F. The van der Waals surface area contributed by atoms with Crippen molar-refractivity contribution in [3.05, 3.63) is 33.9 Å². The number of ether oxygens (including phenoxy) is 1. The molecule has 0 fully saturated rings. The van der Waals surface area contributed by atoms with Crippen molar-refractivity contribution in [1.82, 2.24) is 0 Å². The summed E-state index contributed by atoms with van der Waals surface area (Å²) < 4.78 is 65.9. The van der Waals surface area contributed by atoms with E-state index in [0.29, 0.717) is 0 Å². The summed E-state index contributed by atoms with van der Waals surface area (Å²) in [6.45, 7) is 0. The number of hydrogen-bond acceptors (Lipinski definition) is 3. The van der Waals surface area contributed by atoms with Gasteiger partial charge in [-0.3, -0.25) is 10.1 Å². The minimum atomic E-state index is -5.00. The van der Waals surface area contributed by atoms with Crippen LogP contribution in [0.4, 0.5) is 27.6 Å². The molecule has 10 heteroatoms. The third kappa shape index (κ3) is 3.19. The lowest BCUT2D eigenvalue weighted by Crippen LogP contribution is -2.29. The number of hydrogen-bond donors (Lipinski definition) is 0. The van der Waals surface area contributed by atoms with Crippen LogP contribution in [0.25, 0.3) is 0 Å². The fourth-order valence-corrected chi connectivity index (χ4v) is 1.02. The second-order valence-corrected chi connectivity index (χ2v) is 3.36. The molecule has 0 saturated heterocycles. The van der Waals surface area contributed by atoms with E-state index < -0.39 is 39.7 Å². The summed E-state index contributed by atoms with van der Waals surface area (Å²) in [6, 6.07) is 0.221. The van der Waals surface area contributed by atoms with Gasteiger partial charge in [0.1, 0.15) is 0 Å². The van der Waals surface area contributed by atoms with Crippen LogP contribution in [0.15, 0.2) is 12.1 Å². The summed E-state index contributed by atoms with van der Waals surface area (Å²) in [7, 11) is 0. The molecular weight excluding hydrogens is 289 g/mol. The molecule has 1 aromatic carbocycles. The van der Waals surface area contributed by atoms with Gasteiger partial charge in [-0.15, -0.1) is 0 Å². The van der Waals surface area contributed by atoms with Crippen LogP contribution in [0, 0.1) is 21.7 Å². The van der Waals surface area contributed by atoms with Crippen molar-refractivity contribution in [3.63, 3.8) is 0 Å². The lowest BCUT2D eigenvalue weighted by Gasteiger charge is -2.15. The predicted octanol–water partition coefficient (Wildman–Crippen LogP) is 3.38. The highest BCUT2D eigenvalue weighted by atomic mass is 35.5. The van der Waals surface area contributed by atoms with Crippen LogP contribution in [0.3, 0.4) is 0 Å². The monoisotopic (exact) mass is 291 g/mol. The van der Waals surface area contributed by atoms with Gasteiger partial charge in [-0.2, -0.15) is 17.6 Å². The third-order valence-corrected chi connectivity index (χ3v) is 2.02. The van der Waals surface area contributed by atoms with Gasteiger partial charge in [0, 0.05) is 6.07 Å². The molecule has 18 heavy (non-hydrogen) atoms. The summed E-state index contributed by atoms with van der Waals surface area (Å²) in [5.74, 6) is -4.24. The fourth-order valence-electron chi connectivity index (χ4n) is 0.927. The van der Waals surface area contributed by atoms with Crippen LogP contribution in [0.1, 0.15) is 0 Å². The fraction of sp³-hybridized carbons (Fsp3) is 0.250. The molecule has 0 aliphatic heterocycles. The molecular formula is C8H3ClF5NO3. The largest absolute Gasteiger partial charge is 0.462 e. The van der Waals surface area contributed by atoms with Crippen molar-refractivity contribution in [1.29, 1.82) is 0 Å². The van der Waals surface area contributed by atoms with Crippen molar-refractivity contribution < 1.29 is 31.6 Å². The van der Waals surface area contributed by atoms with Crippen LogP contribution in [-0.4, -0.2) is 16.7 Å². The average Bonchev–Trinajstić information content (AvgIpc) is 2.19. The molecule has 1 atom stereocenters. The average molecular weight is 292 g/mol.